The number of aromatic amines is 1. The number of halogens is 1. The fourth-order valence-electron chi connectivity index (χ4n) is 1.97. The first-order valence-electron chi connectivity index (χ1n) is 5.25. The molecule has 1 aromatic heterocycles. The zero-order chi connectivity index (χ0) is 12.0. The highest BCUT2D eigenvalue weighted by atomic mass is 19.1. The number of aromatic nitrogens is 2. The van der Waals surface area contributed by atoms with E-state index in [4.69, 9.17) is 5.11 Å². The minimum Gasteiger partial charge on any atom is -0.389 e. The van der Waals surface area contributed by atoms with Crippen LogP contribution < -0.4 is 0 Å². The molecular formula is C11H10FN3O2. The number of β-amino-alcohol motifs (C(OH)–C–C–N with tert-alkyl or cyclic N) is 1. The van der Waals surface area contributed by atoms with Gasteiger partial charge in [-0.3, -0.25) is 4.79 Å². The number of imidazole rings is 1. The lowest BCUT2D eigenvalue weighted by molar-refractivity contribution is 0.00599. The van der Waals surface area contributed by atoms with Crippen LogP contribution >= 0.6 is 0 Å². The number of likely N-dealkylation sites (tertiary alicyclic amines) is 1. The van der Waals surface area contributed by atoms with E-state index in [1.165, 1.54) is 23.4 Å². The summed E-state index contributed by atoms with van der Waals surface area (Å²) in [5.41, 5.74) is 1.18. The highest BCUT2D eigenvalue weighted by Gasteiger charge is 2.30. The predicted octanol–water partition coefficient (Wildman–Crippen LogP) is 0.519. The lowest BCUT2D eigenvalue weighted by Gasteiger charge is -2.35. The third-order valence-electron chi connectivity index (χ3n) is 2.87. The fourth-order valence-corrected chi connectivity index (χ4v) is 1.97. The van der Waals surface area contributed by atoms with Crippen LogP contribution in [0.15, 0.2) is 18.5 Å². The molecule has 1 aliphatic heterocycles. The molecule has 0 saturated carbocycles. The van der Waals surface area contributed by atoms with Crippen molar-refractivity contribution in [3.05, 3.63) is 29.8 Å². The number of amides is 1. The molecule has 2 N–H and O–H groups in total. The lowest BCUT2D eigenvalue weighted by atomic mass is 10.1. The molecular weight excluding hydrogens is 225 g/mol. The van der Waals surface area contributed by atoms with Crippen LogP contribution in [0.1, 0.15) is 10.4 Å². The van der Waals surface area contributed by atoms with Crippen LogP contribution in [0.5, 0.6) is 0 Å². The van der Waals surface area contributed by atoms with Crippen molar-refractivity contribution in [2.75, 3.05) is 13.1 Å². The van der Waals surface area contributed by atoms with E-state index in [9.17, 15) is 9.18 Å². The normalized spacial score (nSPS) is 16.2. The summed E-state index contributed by atoms with van der Waals surface area (Å²) < 4.78 is 13.3. The minimum absolute atomic E-state index is 0.230. The number of H-pyrrole nitrogens is 1. The molecule has 0 spiro atoms. The second kappa shape index (κ2) is 3.53. The number of carbonyl (C=O) groups excluding carboxylic acids is 1. The maximum Gasteiger partial charge on any atom is 0.256 e. The SMILES string of the molecule is O=C(c1cc(F)cc2[nH]cnc12)N1CC(O)C1. The van der Waals surface area contributed by atoms with Gasteiger partial charge in [-0.2, -0.15) is 0 Å². The predicted molar refractivity (Wildman–Crippen MR) is 58.0 cm³/mol. The summed E-state index contributed by atoms with van der Waals surface area (Å²) in [5, 5.41) is 9.15. The van der Waals surface area contributed by atoms with E-state index in [2.05, 4.69) is 9.97 Å². The maximum absolute atomic E-state index is 13.3. The third kappa shape index (κ3) is 1.57. The van der Waals surface area contributed by atoms with Gasteiger partial charge in [-0.05, 0) is 12.1 Å². The minimum atomic E-state index is -0.480. The van der Waals surface area contributed by atoms with Crippen LogP contribution in [0, 0.1) is 5.82 Å². The summed E-state index contributed by atoms with van der Waals surface area (Å²) in [6.45, 7) is 0.586. The second-order valence-electron chi connectivity index (χ2n) is 4.12. The maximum atomic E-state index is 13.3. The molecule has 88 valence electrons. The van der Waals surface area contributed by atoms with Crippen molar-refractivity contribution in [2.24, 2.45) is 0 Å². The number of nitrogens with one attached hydrogen (secondary N) is 1. The first kappa shape index (κ1) is 10.2. The summed E-state index contributed by atoms with van der Waals surface area (Å²) >= 11 is 0. The molecule has 1 saturated heterocycles. The van der Waals surface area contributed by atoms with Crippen molar-refractivity contribution in [3.63, 3.8) is 0 Å². The molecule has 0 unspecified atom stereocenters. The van der Waals surface area contributed by atoms with Crippen LogP contribution in [0.4, 0.5) is 4.39 Å². The number of aliphatic hydroxyl groups is 1. The van der Waals surface area contributed by atoms with Crippen LogP contribution in [-0.2, 0) is 0 Å². The van der Waals surface area contributed by atoms with Crippen molar-refractivity contribution in [1.82, 2.24) is 14.9 Å². The van der Waals surface area contributed by atoms with Gasteiger partial charge >= 0.3 is 0 Å². The molecule has 1 fully saturated rings. The molecule has 0 bridgehead atoms. The van der Waals surface area contributed by atoms with Gasteiger partial charge in [0.25, 0.3) is 5.91 Å². The summed E-state index contributed by atoms with van der Waals surface area (Å²) in [6.07, 6.45) is 0.952. The molecule has 1 amide bonds. The Kier molecular flexibility index (Phi) is 2.12. The quantitative estimate of drug-likeness (QED) is 0.757. The number of nitrogens with zero attached hydrogens (tertiary/aromatic N) is 2. The smallest absolute Gasteiger partial charge is 0.256 e. The van der Waals surface area contributed by atoms with E-state index >= 15 is 0 Å². The number of benzene rings is 1. The molecule has 6 heteroatoms. The zero-order valence-electron chi connectivity index (χ0n) is 8.85. The van der Waals surface area contributed by atoms with Crippen molar-refractivity contribution in [3.8, 4) is 0 Å². The summed E-state index contributed by atoms with van der Waals surface area (Å²) in [4.78, 5) is 20.3. The van der Waals surface area contributed by atoms with Crippen molar-refractivity contribution < 1.29 is 14.3 Å². The van der Waals surface area contributed by atoms with E-state index in [1.54, 1.807) is 0 Å². The lowest BCUT2D eigenvalue weighted by Crippen LogP contribution is -2.53. The standard InChI is InChI=1S/C11H10FN3O2/c12-6-1-8(10-9(2-6)13-5-14-10)11(17)15-3-7(16)4-15/h1-2,5,7,16H,3-4H2,(H,13,14). The highest BCUT2D eigenvalue weighted by molar-refractivity contribution is 6.05. The van der Waals surface area contributed by atoms with Gasteiger partial charge in [0.2, 0.25) is 0 Å². The van der Waals surface area contributed by atoms with Gasteiger partial charge in [0, 0.05) is 13.1 Å². The van der Waals surface area contributed by atoms with Gasteiger partial charge < -0.3 is 15.0 Å². The highest BCUT2D eigenvalue weighted by Crippen LogP contribution is 2.21. The Bertz CT molecular complexity index is 589. The first-order valence-corrected chi connectivity index (χ1v) is 5.25. The molecule has 2 heterocycles. The van der Waals surface area contributed by atoms with E-state index < -0.39 is 11.9 Å². The Labute approximate surface area is 95.9 Å². The van der Waals surface area contributed by atoms with Crippen LogP contribution in [0.25, 0.3) is 11.0 Å². The van der Waals surface area contributed by atoms with Crippen molar-refractivity contribution in [2.45, 2.75) is 6.10 Å². The number of hydrogen-bond donors (Lipinski definition) is 2. The molecule has 1 aliphatic rings. The Hall–Kier alpha value is -1.95. The van der Waals surface area contributed by atoms with Gasteiger partial charge in [0.15, 0.2) is 0 Å². The average Bonchev–Trinajstić information content (AvgIpc) is 2.70. The zero-order valence-corrected chi connectivity index (χ0v) is 8.85. The second-order valence-corrected chi connectivity index (χ2v) is 4.12. The monoisotopic (exact) mass is 235 g/mol. The Morgan fingerprint density at radius 3 is 3.00 bits per heavy atom. The fraction of sp³-hybridized carbons (Fsp3) is 0.273. The Balaban J connectivity index is 2.04. The van der Waals surface area contributed by atoms with Crippen molar-refractivity contribution in [1.29, 1.82) is 0 Å². The Morgan fingerprint density at radius 2 is 2.29 bits per heavy atom. The van der Waals surface area contributed by atoms with Gasteiger partial charge in [-0.1, -0.05) is 0 Å². The molecule has 5 nitrogen and oxygen atoms in total. The Morgan fingerprint density at radius 1 is 1.53 bits per heavy atom. The van der Waals surface area contributed by atoms with Crippen LogP contribution in [-0.4, -0.2) is 45.1 Å². The largest absolute Gasteiger partial charge is 0.389 e. The molecule has 17 heavy (non-hydrogen) atoms. The number of aliphatic hydroxyl groups excluding tert-OH is 1. The van der Waals surface area contributed by atoms with Gasteiger partial charge in [0.1, 0.15) is 11.3 Å². The van der Waals surface area contributed by atoms with E-state index in [1.807, 2.05) is 0 Å². The van der Waals surface area contributed by atoms with E-state index in [-0.39, 0.29) is 11.5 Å². The molecule has 3 rings (SSSR count). The average molecular weight is 235 g/mol. The molecule has 0 aliphatic carbocycles. The van der Waals surface area contributed by atoms with E-state index in [0.717, 1.165) is 0 Å². The molecule has 1 aromatic carbocycles. The topological polar surface area (TPSA) is 69.2 Å². The van der Waals surface area contributed by atoms with Crippen LogP contribution in [0.2, 0.25) is 0 Å². The number of carbonyl (C=O) groups is 1. The number of hydrogen-bond acceptors (Lipinski definition) is 3. The molecule has 2 aromatic rings. The van der Waals surface area contributed by atoms with Crippen LogP contribution in [0.3, 0.4) is 0 Å². The summed E-state index contributed by atoms with van der Waals surface area (Å²) in [5.74, 6) is -0.780. The van der Waals surface area contributed by atoms with Gasteiger partial charge in [-0.15, -0.1) is 0 Å². The van der Waals surface area contributed by atoms with E-state index in [0.29, 0.717) is 24.1 Å². The summed E-state index contributed by atoms with van der Waals surface area (Å²) in [6, 6.07) is 2.47. The molecule has 0 atom stereocenters. The van der Waals surface area contributed by atoms with Crippen molar-refractivity contribution >= 4 is 16.9 Å². The van der Waals surface area contributed by atoms with Gasteiger partial charge in [-0.25, -0.2) is 9.37 Å². The molecule has 0 radical (unpaired) electrons. The first-order chi connectivity index (χ1) is 8.15. The number of fused-ring (bicyclic) bond motifs is 1. The number of rotatable bonds is 1. The third-order valence-corrected chi connectivity index (χ3v) is 2.87. The summed E-state index contributed by atoms with van der Waals surface area (Å²) in [7, 11) is 0. The van der Waals surface area contributed by atoms with Gasteiger partial charge in [0.05, 0.1) is 23.5 Å².